The molecular weight excluding hydrogens is 486 g/mol. The Morgan fingerprint density at radius 1 is 1.14 bits per heavy atom. The van der Waals surface area contributed by atoms with Crippen LogP contribution in [0.25, 0.3) is 10.8 Å². The topological polar surface area (TPSA) is 109 Å². The highest BCUT2D eigenvalue weighted by Gasteiger charge is 2.21. The first-order chi connectivity index (χ1) is 17.4. The smallest absolute Gasteiger partial charge is 0.349 e. The van der Waals surface area contributed by atoms with Gasteiger partial charge in [-0.05, 0) is 47.7 Å². The molecule has 4 aromatic rings. The molecule has 0 radical (unpaired) electrons. The second-order valence-electron chi connectivity index (χ2n) is 9.09. The molecule has 0 unspecified atom stereocenters. The number of hydrogen-bond acceptors (Lipinski definition) is 8. The molecule has 1 aliphatic heterocycles. The van der Waals surface area contributed by atoms with Gasteiger partial charge in [0.1, 0.15) is 11.6 Å². The van der Waals surface area contributed by atoms with Crippen LogP contribution in [0.4, 0.5) is 11.6 Å². The van der Waals surface area contributed by atoms with Crippen molar-refractivity contribution >= 4 is 39.7 Å². The summed E-state index contributed by atoms with van der Waals surface area (Å²) in [5.74, 6) is 1.18. The average Bonchev–Trinajstić information content (AvgIpc) is 3.25. The van der Waals surface area contributed by atoms with Gasteiger partial charge in [0, 0.05) is 69.0 Å². The number of carbonyl (C=O) groups excluding carboxylic acids is 1. The van der Waals surface area contributed by atoms with Gasteiger partial charge in [0.2, 0.25) is 0 Å². The molecule has 37 heavy (non-hydrogen) atoms. The van der Waals surface area contributed by atoms with Gasteiger partial charge in [-0.25, -0.2) is 9.78 Å². The molecule has 3 aromatic heterocycles. The second kappa shape index (κ2) is 11.1. The van der Waals surface area contributed by atoms with Crippen LogP contribution in [0.3, 0.4) is 0 Å². The zero-order valence-corrected chi connectivity index (χ0v) is 21.2. The van der Waals surface area contributed by atoms with E-state index in [1.165, 1.54) is 9.44 Å². The van der Waals surface area contributed by atoms with Gasteiger partial charge in [0.25, 0.3) is 5.91 Å². The number of amides is 1. The number of hydrogen-bond donors (Lipinski definition) is 2. The van der Waals surface area contributed by atoms with Gasteiger partial charge in [-0.15, -0.1) is 11.3 Å². The first-order valence-corrected chi connectivity index (χ1v) is 12.7. The van der Waals surface area contributed by atoms with Gasteiger partial charge in [-0.1, -0.05) is 19.6 Å². The Bertz CT molecular complexity index is 1470. The number of aromatic nitrogens is 3. The van der Waals surface area contributed by atoms with Crippen LogP contribution in [-0.4, -0.2) is 51.5 Å². The fourth-order valence-electron chi connectivity index (χ4n) is 4.39. The van der Waals surface area contributed by atoms with Crippen molar-refractivity contribution in [1.82, 2.24) is 24.8 Å². The molecule has 0 atom stereocenters. The summed E-state index contributed by atoms with van der Waals surface area (Å²) in [7, 11) is 1.70. The molecule has 9 nitrogen and oxygen atoms in total. The van der Waals surface area contributed by atoms with Gasteiger partial charge < -0.3 is 20.5 Å². The Morgan fingerprint density at radius 2 is 1.92 bits per heavy atom. The zero-order valence-electron chi connectivity index (χ0n) is 20.4. The van der Waals surface area contributed by atoms with Gasteiger partial charge >= 0.3 is 5.69 Å². The van der Waals surface area contributed by atoms with Crippen molar-refractivity contribution in [3.63, 3.8) is 0 Å². The normalized spacial score (nSPS) is 13.9. The van der Waals surface area contributed by atoms with Crippen LogP contribution in [0, 0.1) is 6.92 Å². The van der Waals surface area contributed by atoms with Crippen molar-refractivity contribution in [2.24, 2.45) is 7.05 Å². The van der Waals surface area contributed by atoms with Crippen molar-refractivity contribution in [1.29, 1.82) is 0 Å². The van der Waals surface area contributed by atoms with E-state index in [9.17, 15) is 9.59 Å². The molecule has 0 saturated carbocycles. The number of benzene rings is 1. The average molecular weight is 520 g/mol. The Morgan fingerprint density at radius 3 is 2.68 bits per heavy atom. The maximum absolute atomic E-state index is 12.9. The van der Waals surface area contributed by atoms with E-state index in [-0.39, 0.29) is 19.0 Å². The fourth-order valence-corrected chi connectivity index (χ4v) is 5.52. The van der Waals surface area contributed by atoms with Crippen LogP contribution >= 0.6 is 11.3 Å². The number of nitrogens with one attached hydrogen (secondary N) is 1. The lowest BCUT2D eigenvalue weighted by Gasteiger charge is -2.35. The largest absolute Gasteiger partial charge is 0.383 e. The molecule has 4 heterocycles. The maximum atomic E-state index is 12.9. The Balaban J connectivity index is 0.00000320. The van der Waals surface area contributed by atoms with Gasteiger partial charge in [0.15, 0.2) is 0 Å². The van der Waals surface area contributed by atoms with Crippen molar-refractivity contribution in [2.45, 2.75) is 27.4 Å². The Hall–Kier alpha value is -3.76. The van der Waals surface area contributed by atoms with E-state index in [4.69, 9.17) is 5.73 Å². The Labute approximate surface area is 220 Å². The zero-order chi connectivity index (χ0) is 25.2. The summed E-state index contributed by atoms with van der Waals surface area (Å²) >= 11 is 1.55. The Kier molecular flexibility index (Phi) is 7.89. The molecule has 0 aliphatic carbocycles. The summed E-state index contributed by atoms with van der Waals surface area (Å²) < 4.78 is 1.48. The number of nitrogen functional groups attached to an aromatic ring is 1. The summed E-state index contributed by atoms with van der Waals surface area (Å²) in [5, 5.41) is 4.96. The molecule has 1 aliphatic rings. The third-order valence-corrected chi connectivity index (χ3v) is 7.80. The lowest BCUT2D eigenvalue weighted by Crippen LogP contribution is -2.46. The fraction of sp³-hybridized carbons (Fsp3) is 0.333. The predicted molar refractivity (Wildman–Crippen MR) is 150 cm³/mol. The number of fused-ring (bicyclic) bond motifs is 1. The predicted octanol–water partition coefficient (Wildman–Crippen LogP) is 3.17. The molecule has 10 heteroatoms. The number of rotatable bonds is 6. The third kappa shape index (κ3) is 5.81. The minimum atomic E-state index is -0.238. The summed E-state index contributed by atoms with van der Waals surface area (Å²) in [6.45, 7) is 6.68. The molecule has 0 bridgehead atoms. The third-order valence-electron chi connectivity index (χ3n) is 6.58. The molecule has 1 fully saturated rings. The van der Waals surface area contributed by atoms with Crippen molar-refractivity contribution in [2.75, 3.05) is 36.8 Å². The highest BCUT2D eigenvalue weighted by atomic mass is 32.1. The van der Waals surface area contributed by atoms with Gasteiger partial charge in [-0.2, -0.15) is 4.98 Å². The number of aryl methyl sites for hydroxylation is 2. The summed E-state index contributed by atoms with van der Waals surface area (Å²) in [4.78, 5) is 39.4. The van der Waals surface area contributed by atoms with Crippen LogP contribution in [0.1, 0.15) is 33.1 Å². The molecule has 1 aromatic carbocycles. The first-order valence-electron chi connectivity index (χ1n) is 11.9. The minimum Gasteiger partial charge on any atom is -0.383 e. The summed E-state index contributed by atoms with van der Waals surface area (Å²) in [5.41, 5.74) is 7.84. The number of carbonyl (C=O) groups is 1. The highest BCUT2D eigenvalue weighted by molar-refractivity contribution is 7.14. The number of pyridine rings is 1. The molecule has 0 spiro atoms. The van der Waals surface area contributed by atoms with Crippen LogP contribution in [0.2, 0.25) is 0 Å². The van der Waals surface area contributed by atoms with E-state index in [0.717, 1.165) is 65.3 Å². The van der Waals surface area contributed by atoms with E-state index in [1.54, 1.807) is 30.8 Å². The number of nitrogens with zero attached hydrogens (tertiary/aromatic N) is 5. The number of nitrogens with two attached hydrogens (primary N) is 1. The number of anilines is 2. The van der Waals surface area contributed by atoms with Crippen LogP contribution in [0.15, 0.2) is 53.6 Å². The molecule has 1 amide bonds. The van der Waals surface area contributed by atoms with Crippen LogP contribution in [0.5, 0.6) is 0 Å². The SMILES string of the molecule is C.Cc1cc(C(=O)NCc2ccc3c(N)nccc3c2)sc1CN1CCN(c2ccn(C)c(=O)n2)CC1. The molecule has 3 N–H and O–H groups in total. The van der Waals surface area contributed by atoms with E-state index in [0.29, 0.717) is 12.4 Å². The van der Waals surface area contributed by atoms with E-state index in [2.05, 4.69) is 32.0 Å². The standard InChI is InChI=1S/C26H29N7O2S.CH4/c1-17-13-21(25(34)29-15-18-3-4-20-19(14-18)5-7-28-24(20)27)36-22(17)16-32-9-11-33(12-10-32)23-6-8-31(2)26(35)30-23;/h3-8,13-14H,9-12,15-16H2,1-2H3,(H2,27,28)(H,29,34);1H4. The molecule has 194 valence electrons. The van der Waals surface area contributed by atoms with Crippen LogP contribution in [-0.2, 0) is 20.1 Å². The lowest BCUT2D eigenvalue weighted by atomic mass is 10.1. The monoisotopic (exact) mass is 519 g/mol. The highest BCUT2D eigenvalue weighted by Crippen LogP contribution is 2.25. The van der Waals surface area contributed by atoms with E-state index >= 15 is 0 Å². The first kappa shape index (κ1) is 26.3. The van der Waals surface area contributed by atoms with Crippen molar-refractivity contribution in [3.8, 4) is 0 Å². The second-order valence-corrected chi connectivity index (χ2v) is 10.2. The van der Waals surface area contributed by atoms with Gasteiger partial charge in [-0.3, -0.25) is 9.69 Å². The molecular formula is C27H33N7O2S. The minimum absolute atomic E-state index is 0. The summed E-state index contributed by atoms with van der Waals surface area (Å²) in [6, 6.07) is 11.7. The van der Waals surface area contributed by atoms with E-state index in [1.807, 2.05) is 36.4 Å². The lowest BCUT2D eigenvalue weighted by molar-refractivity contribution is 0.0955. The van der Waals surface area contributed by atoms with E-state index < -0.39 is 0 Å². The maximum Gasteiger partial charge on any atom is 0.349 e. The van der Waals surface area contributed by atoms with Crippen molar-refractivity contribution < 1.29 is 4.79 Å². The number of piperazine rings is 1. The van der Waals surface area contributed by atoms with Crippen LogP contribution < -0.4 is 21.6 Å². The molecule has 5 rings (SSSR count). The number of thiophene rings is 1. The summed E-state index contributed by atoms with van der Waals surface area (Å²) in [6.07, 6.45) is 3.45. The molecule has 1 saturated heterocycles. The quantitative estimate of drug-likeness (QED) is 0.403. The van der Waals surface area contributed by atoms with Crippen molar-refractivity contribution in [3.05, 3.63) is 80.2 Å². The van der Waals surface area contributed by atoms with Gasteiger partial charge in [0.05, 0.1) is 4.88 Å².